The lowest BCUT2D eigenvalue weighted by atomic mass is 9.99. The maximum Gasteiger partial charge on any atom is 0.277 e. The van der Waals surface area contributed by atoms with Crippen LogP contribution in [0.4, 0.5) is 5.13 Å². The molecule has 1 aliphatic rings. The fourth-order valence-electron chi connectivity index (χ4n) is 3.22. The van der Waals surface area contributed by atoms with Crippen molar-refractivity contribution in [2.45, 2.75) is 26.3 Å². The molecule has 0 radical (unpaired) electrons. The van der Waals surface area contributed by atoms with Crippen LogP contribution < -0.4 is 5.32 Å². The third-order valence-electron chi connectivity index (χ3n) is 4.88. The van der Waals surface area contributed by atoms with Crippen LogP contribution in [0, 0.1) is 5.92 Å². The van der Waals surface area contributed by atoms with Crippen molar-refractivity contribution in [2.24, 2.45) is 5.92 Å². The number of amides is 1. The molecule has 7 heteroatoms. The Bertz CT molecular complexity index is 896. The molecule has 27 heavy (non-hydrogen) atoms. The van der Waals surface area contributed by atoms with E-state index >= 15 is 0 Å². The van der Waals surface area contributed by atoms with Crippen LogP contribution in [-0.2, 0) is 6.54 Å². The normalized spacial score (nSPS) is 15.7. The van der Waals surface area contributed by atoms with Gasteiger partial charge in [0.1, 0.15) is 0 Å². The molecule has 0 aliphatic carbocycles. The summed E-state index contributed by atoms with van der Waals surface area (Å²) >= 11 is 1.46. The molecule has 0 unspecified atom stereocenters. The molecule has 4 rings (SSSR count). The number of benzene rings is 1. The molecule has 1 N–H and O–H groups in total. The number of anilines is 1. The fourth-order valence-corrected chi connectivity index (χ4v) is 3.91. The largest absolute Gasteiger partial charge is 0.297 e. The summed E-state index contributed by atoms with van der Waals surface area (Å²) in [6, 6.07) is 11.4. The lowest BCUT2D eigenvalue weighted by Crippen LogP contribution is -2.32. The number of thiazole rings is 1. The molecule has 3 aromatic rings. The molecule has 1 amide bonds. The van der Waals surface area contributed by atoms with Crippen LogP contribution in [0.1, 0.15) is 35.9 Å². The highest BCUT2D eigenvalue weighted by atomic mass is 32.1. The Morgan fingerprint density at radius 3 is 2.78 bits per heavy atom. The zero-order valence-electron chi connectivity index (χ0n) is 15.3. The summed E-state index contributed by atoms with van der Waals surface area (Å²) < 4.78 is 1.69. The first-order chi connectivity index (χ1) is 13.2. The first kappa shape index (κ1) is 17.9. The van der Waals surface area contributed by atoms with Gasteiger partial charge < -0.3 is 0 Å². The summed E-state index contributed by atoms with van der Waals surface area (Å²) in [5.74, 6) is 0.583. The zero-order chi connectivity index (χ0) is 18.6. The minimum Gasteiger partial charge on any atom is -0.297 e. The van der Waals surface area contributed by atoms with E-state index < -0.39 is 0 Å². The Labute approximate surface area is 162 Å². The van der Waals surface area contributed by atoms with Gasteiger partial charge in [0, 0.05) is 18.1 Å². The van der Waals surface area contributed by atoms with E-state index in [-0.39, 0.29) is 5.91 Å². The van der Waals surface area contributed by atoms with Crippen LogP contribution in [0.15, 0.2) is 48.0 Å². The van der Waals surface area contributed by atoms with Crippen molar-refractivity contribution in [3.05, 3.63) is 59.4 Å². The average molecular weight is 382 g/mol. The molecule has 6 nitrogen and oxygen atoms in total. The lowest BCUT2D eigenvalue weighted by molar-refractivity contribution is 0.102. The molecule has 0 spiro atoms. The van der Waals surface area contributed by atoms with Gasteiger partial charge in [-0.1, -0.05) is 25.1 Å². The van der Waals surface area contributed by atoms with E-state index in [4.69, 9.17) is 0 Å². The van der Waals surface area contributed by atoms with Crippen LogP contribution in [-0.4, -0.2) is 38.7 Å². The minimum atomic E-state index is -0.239. The molecular formula is C20H23N5OS. The number of hydrogen-bond acceptors (Lipinski definition) is 5. The number of carbonyl (C=O) groups is 1. The molecule has 2 aromatic heterocycles. The van der Waals surface area contributed by atoms with Gasteiger partial charge >= 0.3 is 0 Å². The van der Waals surface area contributed by atoms with Gasteiger partial charge in [-0.15, -0.1) is 11.3 Å². The van der Waals surface area contributed by atoms with E-state index in [1.54, 1.807) is 16.9 Å². The maximum atomic E-state index is 12.5. The predicted molar refractivity (Wildman–Crippen MR) is 107 cm³/mol. The Morgan fingerprint density at radius 2 is 2.00 bits per heavy atom. The second-order valence-electron chi connectivity index (χ2n) is 7.04. The standard InChI is InChI=1S/C20H23N5OS/c1-15-7-10-24(11-8-15)13-16-14-27-20(21-16)22-19(26)18-9-12-25(23-18)17-5-3-2-4-6-17/h2-6,9,12,14-15H,7-8,10-11,13H2,1H3,(H,21,22,26). The van der Waals surface area contributed by atoms with E-state index in [0.717, 1.165) is 36.9 Å². The Balaban J connectivity index is 1.36. The van der Waals surface area contributed by atoms with E-state index in [2.05, 4.69) is 27.2 Å². The number of rotatable bonds is 5. The van der Waals surface area contributed by atoms with Gasteiger partial charge in [-0.3, -0.25) is 15.0 Å². The lowest BCUT2D eigenvalue weighted by Gasteiger charge is -2.29. The number of hydrogen-bond donors (Lipinski definition) is 1. The van der Waals surface area contributed by atoms with Crippen molar-refractivity contribution < 1.29 is 4.79 Å². The highest BCUT2D eigenvalue weighted by Crippen LogP contribution is 2.21. The fraction of sp³-hybridized carbons (Fsp3) is 0.350. The number of nitrogens with zero attached hydrogens (tertiary/aromatic N) is 4. The Kier molecular flexibility index (Phi) is 5.31. The van der Waals surface area contributed by atoms with Crippen molar-refractivity contribution in [1.29, 1.82) is 0 Å². The predicted octanol–water partition coefficient (Wildman–Crippen LogP) is 3.81. The molecule has 1 aliphatic heterocycles. The monoisotopic (exact) mass is 381 g/mol. The smallest absolute Gasteiger partial charge is 0.277 e. The minimum absolute atomic E-state index is 0.239. The van der Waals surface area contributed by atoms with Crippen LogP contribution in [0.5, 0.6) is 0 Å². The van der Waals surface area contributed by atoms with Crippen LogP contribution >= 0.6 is 11.3 Å². The van der Waals surface area contributed by atoms with Crippen molar-refractivity contribution in [3.8, 4) is 5.69 Å². The third-order valence-corrected chi connectivity index (χ3v) is 5.68. The van der Waals surface area contributed by atoms with Crippen LogP contribution in [0.3, 0.4) is 0 Å². The van der Waals surface area contributed by atoms with Crippen molar-refractivity contribution in [3.63, 3.8) is 0 Å². The van der Waals surface area contributed by atoms with Crippen molar-refractivity contribution in [2.75, 3.05) is 18.4 Å². The number of carbonyl (C=O) groups excluding carboxylic acids is 1. The van der Waals surface area contributed by atoms with E-state index in [9.17, 15) is 4.79 Å². The summed E-state index contributed by atoms with van der Waals surface area (Å²) in [5.41, 5.74) is 2.31. The van der Waals surface area contributed by atoms with Gasteiger partial charge in [-0.2, -0.15) is 5.10 Å². The topological polar surface area (TPSA) is 63.1 Å². The Morgan fingerprint density at radius 1 is 1.22 bits per heavy atom. The van der Waals surface area contributed by atoms with Crippen LogP contribution in [0.2, 0.25) is 0 Å². The molecule has 140 valence electrons. The van der Waals surface area contributed by atoms with Gasteiger partial charge in [0.05, 0.1) is 11.4 Å². The molecule has 1 saturated heterocycles. The SMILES string of the molecule is CC1CCN(Cc2csc(NC(=O)c3ccn(-c4ccccc4)n3)n2)CC1. The zero-order valence-corrected chi connectivity index (χ0v) is 16.2. The quantitative estimate of drug-likeness (QED) is 0.730. The van der Waals surface area contributed by atoms with E-state index in [1.807, 2.05) is 35.7 Å². The second-order valence-corrected chi connectivity index (χ2v) is 7.90. The average Bonchev–Trinajstić information content (AvgIpc) is 3.34. The number of likely N-dealkylation sites (tertiary alicyclic amines) is 1. The highest BCUT2D eigenvalue weighted by molar-refractivity contribution is 7.13. The summed E-state index contributed by atoms with van der Waals surface area (Å²) in [5, 5.41) is 9.86. The molecule has 1 aromatic carbocycles. The molecule has 3 heterocycles. The van der Waals surface area contributed by atoms with Gasteiger partial charge in [0.15, 0.2) is 10.8 Å². The first-order valence-electron chi connectivity index (χ1n) is 9.26. The highest BCUT2D eigenvalue weighted by Gasteiger charge is 2.17. The van der Waals surface area contributed by atoms with Gasteiger partial charge in [0.2, 0.25) is 0 Å². The Hall–Kier alpha value is -2.51. The number of para-hydroxylation sites is 1. The van der Waals surface area contributed by atoms with Crippen molar-refractivity contribution in [1.82, 2.24) is 19.7 Å². The van der Waals surface area contributed by atoms with Crippen LogP contribution in [0.25, 0.3) is 5.69 Å². The summed E-state index contributed by atoms with van der Waals surface area (Å²) in [4.78, 5) is 19.5. The number of aromatic nitrogens is 3. The van der Waals surface area contributed by atoms with Crippen molar-refractivity contribution >= 4 is 22.4 Å². The summed E-state index contributed by atoms with van der Waals surface area (Å²) in [6.45, 7) is 5.41. The maximum absolute atomic E-state index is 12.5. The van der Waals surface area contributed by atoms with E-state index in [0.29, 0.717) is 10.8 Å². The van der Waals surface area contributed by atoms with Gasteiger partial charge in [-0.05, 0) is 50.0 Å². The second kappa shape index (κ2) is 8.02. The molecule has 0 atom stereocenters. The van der Waals surface area contributed by atoms with Gasteiger partial charge in [-0.25, -0.2) is 9.67 Å². The third kappa shape index (κ3) is 4.43. The van der Waals surface area contributed by atoms with Gasteiger partial charge in [0.25, 0.3) is 5.91 Å². The first-order valence-corrected chi connectivity index (χ1v) is 10.1. The van der Waals surface area contributed by atoms with E-state index in [1.165, 1.54) is 24.2 Å². The molecular weight excluding hydrogens is 358 g/mol. The number of nitrogens with one attached hydrogen (secondary N) is 1. The summed E-state index contributed by atoms with van der Waals surface area (Å²) in [7, 11) is 0. The summed E-state index contributed by atoms with van der Waals surface area (Å²) in [6.07, 6.45) is 4.28. The molecule has 1 fully saturated rings. The molecule has 0 bridgehead atoms. The molecule has 0 saturated carbocycles. The number of piperidine rings is 1.